The average molecular weight is 437 g/mol. The second-order valence-corrected chi connectivity index (χ2v) is 8.69. The number of amides is 3. The zero-order valence-corrected chi connectivity index (χ0v) is 18.8. The SMILES string of the molecule is CC(=O)N(C)C1CCN(c2ccc(NC(=O)Nc3ccc(OC4CCCC4)cc3)cc2)C1. The summed E-state index contributed by atoms with van der Waals surface area (Å²) in [6.07, 6.45) is 6.00. The maximum Gasteiger partial charge on any atom is 0.323 e. The molecule has 0 radical (unpaired) electrons. The normalized spacial score (nSPS) is 18.4. The van der Waals surface area contributed by atoms with E-state index in [1.807, 2.05) is 60.5 Å². The minimum atomic E-state index is -0.286. The van der Waals surface area contributed by atoms with E-state index in [1.54, 1.807) is 6.92 Å². The highest BCUT2D eigenvalue weighted by atomic mass is 16.5. The van der Waals surface area contributed by atoms with Crippen molar-refractivity contribution in [2.24, 2.45) is 0 Å². The average Bonchev–Trinajstić information content (AvgIpc) is 3.47. The van der Waals surface area contributed by atoms with Crippen LogP contribution in [0.1, 0.15) is 39.0 Å². The van der Waals surface area contributed by atoms with Gasteiger partial charge in [-0.15, -0.1) is 0 Å². The molecule has 7 nitrogen and oxygen atoms in total. The van der Waals surface area contributed by atoms with Gasteiger partial charge in [0.25, 0.3) is 0 Å². The lowest BCUT2D eigenvalue weighted by molar-refractivity contribution is -0.129. The second kappa shape index (κ2) is 9.94. The van der Waals surface area contributed by atoms with Gasteiger partial charge in [-0.1, -0.05) is 0 Å². The van der Waals surface area contributed by atoms with Gasteiger partial charge in [0.15, 0.2) is 0 Å². The molecule has 1 aliphatic heterocycles. The van der Waals surface area contributed by atoms with Crippen LogP contribution in [0.25, 0.3) is 0 Å². The molecule has 7 heteroatoms. The van der Waals surface area contributed by atoms with E-state index in [0.29, 0.717) is 6.10 Å². The number of likely N-dealkylation sites (N-methyl/N-ethyl adjacent to an activating group) is 1. The molecule has 4 rings (SSSR count). The van der Waals surface area contributed by atoms with Crippen molar-refractivity contribution in [1.82, 2.24) is 4.90 Å². The van der Waals surface area contributed by atoms with Crippen LogP contribution in [0.2, 0.25) is 0 Å². The molecule has 1 unspecified atom stereocenters. The van der Waals surface area contributed by atoms with Crippen molar-refractivity contribution < 1.29 is 14.3 Å². The Morgan fingerprint density at radius 2 is 1.53 bits per heavy atom. The summed E-state index contributed by atoms with van der Waals surface area (Å²) < 4.78 is 5.96. The zero-order chi connectivity index (χ0) is 22.5. The van der Waals surface area contributed by atoms with Gasteiger partial charge in [0.1, 0.15) is 5.75 Å². The van der Waals surface area contributed by atoms with E-state index in [4.69, 9.17) is 4.74 Å². The van der Waals surface area contributed by atoms with Crippen LogP contribution in [0.3, 0.4) is 0 Å². The standard InChI is InChI=1S/C25H32N4O3/c1-18(30)28(2)22-15-16-29(17-22)21-11-7-19(8-12-21)26-25(31)27-20-9-13-24(14-10-20)32-23-5-3-4-6-23/h7-14,22-23H,3-6,15-17H2,1-2H3,(H2,26,27,31). The van der Waals surface area contributed by atoms with Gasteiger partial charge < -0.3 is 25.2 Å². The predicted molar refractivity (Wildman–Crippen MR) is 127 cm³/mol. The fraction of sp³-hybridized carbons (Fsp3) is 0.440. The third kappa shape index (κ3) is 5.52. The van der Waals surface area contributed by atoms with Crippen molar-refractivity contribution in [3.8, 4) is 5.75 Å². The molecule has 1 saturated heterocycles. The Bertz CT molecular complexity index is 923. The third-order valence-corrected chi connectivity index (χ3v) is 6.42. The molecular weight excluding hydrogens is 404 g/mol. The van der Waals surface area contributed by atoms with Gasteiger partial charge in [0, 0.05) is 44.1 Å². The van der Waals surface area contributed by atoms with Gasteiger partial charge in [0.05, 0.1) is 12.1 Å². The molecule has 1 atom stereocenters. The summed E-state index contributed by atoms with van der Waals surface area (Å²) >= 11 is 0. The predicted octanol–water partition coefficient (Wildman–Crippen LogP) is 4.71. The highest BCUT2D eigenvalue weighted by Crippen LogP contribution is 2.26. The molecule has 0 spiro atoms. The minimum absolute atomic E-state index is 0.0957. The van der Waals surface area contributed by atoms with E-state index < -0.39 is 0 Å². The minimum Gasteiger partial charge on any atom is -0.490 e. The Labute approximate surface area is 189 Å². The van der Waals surface area contributed by atoms with Gasteiger partial charge in [-0.05, 0) is 80.6 Å². The van der Waals surface area contributed by atoms with Gasteiger partial charge in [-0.3, -0.25) is 4.79 Å². The van der Waals surface area contributed by atoms with Crippen LogP contribution in [0, 0.1) is 0 Å². The van der Waals surface area contributed by atoms with Crippen LogP contribution < -0.4 is 20.3 Å². The largest absolute Gasteiger partial charge is 0.490 e. The summed E-state index contributed by atoms with van der Waals surface area (Å²) in [5.41, 5.74) is 2.54. The second-order valence-electron chi connectivity index (χ2n) is 8.69. The Hall–Kier alpha value is -3.22. The van der Waals surface area contributed by atoms with Crippen LogP contribution in [-0.4, -0.2) is 49.1 Å². The fourth-order valence-electron chi connectivity index (χ4n) is 4.41. The molecule has 2 fully saturated rings. The van der Waals surface area contributed by atoms with Crippen molar-refractivity contribution >= 4 is 29.0 Å². The number of nitrogens with zero attached hydrogens (tertiary/aromatic N) is 2. The van der Waals surface area contributed by atoms with Crippen molar-refractivity contribution in [2.45, 2.75) is 51.2 Å². The quantitative estimate of drug-likeness (QED) is 0.688. The number of hydrogen-bond acceptors (Lipinski definition) is 4. The van der Waals surface area contributed by atoms with Gasteiger partial charge in [-0.25, -0.2) is 4.79 Å². The van der Waals surface area contributed by atoms with Gasteiger partial charge in [-0.2, -0.15) is 0 Å². The molecule has 3 amide bonds. The molecule has 0 bridgehead atoms. The van der Waals surface area contributed by atoms with E-state index in [9.17, 15) is 9.59 Å². The molecule has 1 aliphatic carbocycles. The number of urea groups is 1. The number of carbonyl (C=O) groups is 2. The van der Waals surface area contributed by atoms with Crippen LogP contribution in [0.15, 0.2) is 48.5 Å². The smallest absolute Gasteiger partial charge is 0.323 e. The van der Waals surface area contributed by atoms with E-state index in [-0.39, 0.29) is 18.0 Å². The molecule has 2 aromatic carbocycles. The fourth-order valence-corrected chi connectivity index (χ4v) is 4.41. The number of anilines is 3. The molecule has 2 N–H and O–H groups in total. The maximum atomic E-state index is 12.4. The maximum absolute atomic E-state index is 12.4. The Balaban J connectivity index is 1.26. The number of hydrogen-bond donors (Lipinski definition) is 2. The highest BCUT2D eigenvalue weighted by molar-refractivity contribution is 5.99. The zero-order valence-electron chi connectivity index (χ0n) is 18.8. The summed E-state index contributed by atoms with van der Waals surface area (Å²) in [5, 5.41) is 5.73. The van der Waals surface area contributed by atoms with E-state index in [2.05, 4.69) is 15.5 Å². The first-order valence-electron chi connectivity index (χ1n) is 11.4. The molecule has 2 aromatic rings. The van der Waals surface area contributed by atoms with Crippen LogP contribution in [0.4, 0.5) is 21.9 Å². The number of ether oxygens (including phenoxy) is 1. The molecule has 2 aliphatic rings. The Morgan fingerprint density at radius 3 is 2.12 bits per heavy atom. The van der Waals surface area contributed by atoms with Crippen molar-refractivity contribution in [2.75, 3.05) is 35.7 Å². The van der Waals surface area contributed by atoms with Crippen molar-refractivity contribution in [3.05, 3.63) is 48.5 Å². The summed E-state index contributed by atoms with van der Waals surface area (Å²) in [6, 6.07) is 15.3. The van der Waals surface area contributed by atoms with Gasteiger partial charge in [0.2, 0.25) is 5.91 Å². The summed E-state index contributed by atoms with van der Waals surface area (Å²) in [7, 11) is 1.86. The lowest BCUT2D eigenvalue weighted by Crippen LogP contribution is -2.37. The molecule has 1 heterocycles. The van der Waals surface area contributed by atoms with Crippen molar-refractivity contribution in [3.63, 3.8) is 0 Å². The number of carbonyl (C=O) groups excluding carboxylic acids is 2. The number of benzene rings is 2. The molecule has 1 saturated carbocycles. The topological polar surface area (TPSA) is 73.9 Å². The lowest BCUT2D eigenvalue weighted by atomic mass is 10.2. The first-order chi connectivity index (χ1) is 15.5. The third-order valence-electron chi connectivity index (χ3n) is 6.42. The first-order valence-corrected chi connectivity index (χ1v) is 11.4. The Morgan fingerprint density at radius 1 is 0.938 bits per heavy atom. The molecular formula is C25H32N4O3. The number of rotatable bonds is 6. The van der Waals surface area contributed by atoms with E-state index in [0.717, 1.165) is 55.2 Å². The first kappa shape index (κ1) is 22.0. The van der Waals surface area contributed by atoms with E-state index in [1.165, 1.54) is 12.8 Å². The summed E-state index contributed by atoms with van der Waals surface area (Å²) in [6.45, 7) is 3.34. The van der Waals surface area contributed by atoms with Gasteiger partial charge >= 0.3 is 6.03 Å². The lowest BCUT2D eigenvalue weighted by Gasteiger charge is -2.24. The summed E-state index contributed by atoms with van der Waals surface area (Å²) in [4.78, 5) is 28.0. The van der Waals surface area contributed by atoms with Crippen molar-refractivity contribution in [1.29, 1.82) is 0 Å². The highest BCUT2D eigenvalue weighted by Gasteiger charge is 2.27. The molecule has 170 valence electrons. The van der Waals surface area contributed by atoms with Crippen LogP contribution in [-0.2, 0) is 4.79 Å². The van der Waals surface area contributed by atoms with Crippen LogP contribution >= 0.6 is 0 Å². The van der Waals surface area contributed by atoms with Crippen LogP contribution in [0.5, 0.6) is 5.75 Å². The number of nitrogens with one attached hydrogen (secondary N) is 2. The summed E-state index contributed by atoms with van der Waals surface area (Å²) in [5.74, 6) is 0.940. The Kier molecular flexibility index (Phi) is 6.83. The molecule has 0 aromatic heterocycles. The van der Waals surface area contributed by atoms with E-state index >= 15 is 0 Å². The monoisotopic (exact) mass is 436 g/mol. The molecule has 32 heavy (non-hydrogen) atoms.